The van der Waals surface area contributed by atoms with Gasteiger partial charge in [0.05, 0.1) is 0 Å². The average molecular weight is 261 g/mol. The lowest BCUT2D eigenvalue weighted by molar-refractivity contribution is -0.142. The molecule has 15 heavy (non-hydrogen) atoms. The lowest BCUT2D eigenvalue weighted by atomic mass is 9.96. The number of nitrogens with zero attached hydrogens (tertiary/aromatic N) is 1. The molecule has 0 aliphatic heterocycles. The van der Waals surface area contributed by atoms with E-state index in [0.717, 1.165) is 19.4 Å². The Kier molecular flexibility index (Phi) is 12.5. The summed E-state index contributed by atoms with van der Waals surface area (Å²) in [5.41, 5.74) is 4.50. The molecule has 0 aliphatic carbocycles. The molecule has 0 spiro atoms. The SMILES string of the molecule is CN(C)CCCCC(C)(N)C(=O)O.Cl.Cl. The van der Waals surface area contributed by atoms with Crippen LogP contribution in [0.2, 0.25) is 0 Å². The zero-order valence-corrected chi connectivity index (χ0v) is 11.2. The van der Waals surface area contributed by atoms with Gasteiger partial charge in [-0.2, -0.15) is 0 Å². The molecule has 0 radical (unpaired) electrons. The van der Waals surface area contributed by atoms with Crippen LogP contribution in [0.25, 0.3) is 0 Å². The van der Waals surface area contributed by atoms with E-state index in [1.807, 2.05) is 14.1 Å². The lowest BCUT2D eigenvalue weighted by Crippen LogP contribution is -2.44. The Labute approximate surface area is 104 Å². The smallest absolute Gasteiger partial charge is 0.323 e. The van der Waals surface area contributed by atoms with E-state index >= 15 is 0 Å². The molecule has 0 rings (SSSR count). The Bertz CT molecular complexity index is 175. The summed E-state index contributed by atoms with van der Waals surface area (Å²) in [6, 6.07) is 0. The fourth-order valence-corrected chi connectivity index (χ4v) is 1.03. The van der Waals surface area contributed by atoms with Gasteiger partial charge in [-0.05, 0) is 46.8 Å². The van der Waals surface area contributed by atoms with E-state index in [-0.39, 0.29) is 24.8 Å². The summed E-state index contributed by atoms with van der Waals surface area (Å²) >= 11 is 0. The first-order chi connectivity index (χ1) is 5.86. The minimum absolute atomic E-state index is 0. The number of carboxylic acids is 1. The largest absolute Gasteiger partial charge is 0.480 e. The van der Waals surface area contributed by atoms with E-state index in [4.69, 9.17) is 10.8 Å². The van der Waals surface area contributed by atoms with Crippen LogP contribution in [0.15, 0.2) is 0 Å². The van der Waals surface area contributed by atoms with Crippen molar-refractivity contribution in [3.63, 3.8) is 0 Å². The fourth-order valence-electron chi connectivity index (χ4n) is 1.03. The van der Waals surface area contributed by atoms with Crippen molar-refractivity contribution >= 4 is 30.8 Å². The maximum Gasteiger partial charge on any atom is 0.323 e. The van der Waals surface area contributed by atoms with Crippen LogP contribution in [0.1, 0.15) is 26.2 Å². The second-order valence-electron chi connectivity index (χ2n) is 3.98. The predicted molar refractivity (Wildman–Crippen MR) is 67.1 cm³/mol. The second-order valence-corrected chi connectivity index (χ2v) is 3.98. The molecule has 0 aliphatic rings. The highest BCUT2D eigenvalue weighted by Gasteiger charge is 2.26. The summed E-state index contributed by atoms with van der Waals surface area (Å²) in [6.07, 6.45) is 2.39. The molecule has 0 aromatic carbocycles. The van der Waals surface area contributed by atoms with Crippen LogP contribution in [0.5, 0.6) is 0 Å². The molecule has 0 bridgehead atoms. The van der Waals surface area contributed by atoms with Crippen molar-refractivity contribution in [3.8, 4) is 0 Å². The highest BCUT2D eigenvalue weighted by Crippen LogP contribution is 2.10. The quantitative estimate of drug-likeness (QED) is 0.708. The summed E-state index contributed by atoms with van der Waals surface area (Å²) in [7, 11) is 4.00. The van der Waals surface area contributed by atoms with Gasteiger partial charge in [0.15, 0.2) is 0 Å². The molecular formula is C9H22Cl2N2O2. The molecule has 0 amide bonds. The Morgan fingerprint density at radius 2 is 1.80 bits per heavy atom. The molecule has 1 atom stereocenters. The molecule has 1 unspecified atom stereocenters. The zero-order valence-electron chi connectivity index (χ0n) is 9.52. The number of aliphatic carboxylic acids is 1. The number of hydrogen-bond donors (Lipinski definition) is 2. The first-order valence-electron chi connectivity index (χ1n) is 4.53. The van der Waals surface area contributed by atoms with Gasteiger partial charge < -0.3 is 15.7 Å². The Balaban J connectivity index is -0.000000720. The van der Waals surface area contributed by atoms with Crippen LogP contribution in [-0.2, 0) is 4.79 Å². The second kappa shape index (κ2) is 9.21. The van der Waals surface area contributed by atoms with Crippen molar-refractivity contribution in [1.29, 1.82) is 0 Å². The third kappa shape index (κ3) is 10.3. The Morgan fingerprint density at radius 1 is 1.33 bits per heavy atom. The maximum atomic E-state index is 10.6. The third-order valence-corrected chi connectivity index (χ3v) is 2.04. The first kappa shape index (κ1) is 20.4. The number of carboxylic acid groups (broad SMARTS) is 1. The van der Waals surface area contributed by atoms with E-state index in [9.17, 15) is 4.79 Å². The van der Waals surface area contributed by atoms with Crippen molar-refractivity contribution in [3.05, 3.63) is 0 Å². The van der Waals surface area contributed by atoms with Gasteiger partial charge in [-0.15, -0.1) is 24.8 Å². The lowest BCUT2D eigenvalue weighted by Gasteiger charge is -2.19. The molecule has 0 aromatic heterocycles. The molecule has 0 heterocycles. The number of hydrogen-bond acceptors (Lipinski definition) is 3. The Hall–Kier alpha value is -0.0300. The number of rotatable bonds is 6. The number of nitrogens with two attached hydrogens (primary N) is 1. The van der Waals surface area contributed by atoms with E-state index < -0.39 is 11.5 Å². The van der Waals surface area contributed by atoms with Gasteiger partial charge in [-0.25, -0.2) is 0 Å². The molecule has 0 saturated heterocycles. The van der Waals surface area contributed by atoms with Crippen LogP contribution in [0, 0.1) is 0 Å². The van der Waals surface area contributed by atoms with Gasteiger partial charge in [0, 0.05) is 0 Å². The van der Waals surface area contributed by atoms with Crippen molar-refractivity contribution in [1.82, 2.24) is 4.90 Å². The molecule has 0 fully saturated rings. The van der Waals surface area contributed by atoms with Gasteiger partial charge in [0.2, 0.25) is 0 Å². The predicted octanol–water partition coefficient (Wildman–Crippen LogP) is 1.36. The van der Waals surface area contributed by atoms with Crippen molar-refractivity contribution in [2.75, 3.05) is 20.6 Å². The highest BCUT2D eigenvalue weighted by molar-refractivity contribution is 5.85. The molecule has 6 heteroatoms. The summed E-state index contributed by atoms with van der Waals surface area (Å²) in [5, 5.41) is 8.71. The summed E-state index contributed by atoms with van der Waals surface area (Å²) in [5.74, 6) is -0.919. The monoisotopic (exact) mass is 260 g/mol. The van der Waals surface area contributed by atoms with Crippen LogP contribution in [0.4, 0.5) is 0 Å². The van der Waals surface area contributed by atoms with E-state index in [0.29, 0.717) is 6.42 Å². The molecule has 0 aromatic rings. The van der Waals surface area contributed by atoms with Gasteiger partial charge in [-0.3, -0.25) is 4.79 Å². The highest BCUT2D eigenvalue weighted by atomic mass is 35.5. The van der Waals surface area contributed by atoms with Crippen LogP contribution >= 0.6 is 24.8 Å². The molecule has 4 nitrogen and oxygen atoms in total. The van der Waals surface area contributed by atoms with Crippen LogP contribution in [0.3, 0.4) is 0 Å². The van der Waals surface area contributed by atoms with Gasteiger partial charge >= 0.3 is 5.97 Å². The standard InChI is InChI=1S/C9H20N2O2.2ClH/c1-9(10,8(12)13)6-4-5-7-11(2)3;;/h4-7,10H2,1-3H3,(H,12,13);2*1H. The topological polar surface area (TPSA) is 66.6 Å². The maximum absolute atomic E-state index is 10.6. The van der Waals surface area contributed by atoms with Crippen molar-refractivity contribution in [2.45, 2.75) is 31.7 Å². The number of unbranched alkanes of at least 4 members (excludes halogenated alkanes) is 1. The number of carbonyl (C=O) groups is 1. The van der Waals surface area contributed by atoms with Gasteiger partial charge in [-0.1, -0.05) is 0 Å². The third-order valence-electron chi connectivity index (χ3n) is 2.04. The Morgan fingerprint density at radius 3 is 2.13 bits per heavy atom. The van der Waals surface area contributed by atoms with E-state index in [2.05, 4.69) is 4.90 Å². The summed E-state index contributed by atoms with van der Waals surface area (Å²) < 4.78 is 0. The number of halogens is 2. The minimum Gasteiger partial charge on any atom is -0.480 e. The van der Waals surface area contributed by atoms with Gasteiger partial charge in [0.25, 0.3) is 0 Å². The molecule has 0 saturated carbocycles. The van der Waals surface area contributed by atoms with Gasteiger partial charge in [0.1, 0.15) is 5.54 Å². The van der Waals surface area contributed by atoms with Crippen molar-refractivity contribution < 1.29 is 9.90 Å². The molecular weight excluding hydrogens is 239 g/mol. The first-order valence-corrected chi connectivity index (χ1v) is 4.53. The van der Waals surface area contributed by atoms with Crippen LogP contribution < -0.4 is 5.73 Å². The molecule has 94 valence electrons. The summed E-state index contributed by atoms with van der Waals surface area (Å²) in [4.78, 5) is 12.7. The fraction of sp³-hybridized carbons (Fsp3) is 0.889. The minimum atomic E-state index is -1.06. The van der Waals surface area contributed by atoms with Crippen molar-refractivity contribution in [2.24, 2.45) is 5.73 Å². The van der Waals surface area contributed by atoms with E-state index in [1.165, 1.54) is 0 Å². The normalized spacial score (nSPS) is 13.7. The van der Waals surface area contributed by atoms with E-state index in [1.54, 1.807) is 6.92 Å². The zero-order chi connectivity index (χ0) is 10.5. The molecule has 3 N–H and O–H groups in total. The van der Waals surface area contributed by atoms with Crippen LogP contribution in [-0.4, -0.2) is 42.2 Å². The average Bonchev–Trinajstić information content (AvgIpc) is 1.97. The summed E-state index contributed by atoms with van der Waals surface area (Å²) in [6.45, 7) is 2.54.